The highest BCUT2D eigenvalue weighted by molar-refractivity contribution is 4.79. The summed E-state index contributed by atoms with van der Waals surface area (Å²) in [6.07, 6.45) is 0.369. The van der Waals surface area contributed by atoms with Crippen molar-refractivity contribution in [1.29, 1.82) is 0 Å². The molecular formula is C10H22N2O. The van der Waals surface area contributed by atoms with Gasteiger partial charge in [-0.15, -0.1) is 0 Å². The van der Waals surface area contributed by atoms with Gasteiger partial charge in [-0.05, 0) is 20.0 Å². The molecule has 1 heterocycles. The monoisotopic (exact) mass is 186 g/mol. The van der Waals surface area contributed by atoms with Gasteiger partial charge in [-0.25, -0.2) is 0 Å². The third-order valence-corrected chi connectivity index (χ3v) is 2.88. The SMILES string of the molecule is CCN(CC)C(C)C1CNCCO1. The summed E-state index contributed by atoms with van der Waals surface area (Å²) in [5.74, 6) is 0. The molecule has 0 bridgehead atoms. The Bertz CT molecular complexity index is 131. The number of hydrogen-bond acceptors (Lipinski definition) is 3. The Labute approximate surface area is 81.4 Å². The summed E-state index contributed by atoms with van der Waals surface area (Å²) >= 11 is 0. The van der Waals surface area contributed by atoms with Gasteiger partial charge in [0.05, 0.1) is 12.7 Å². The van der Waals surface area contributed by atoms with Crippen molar-refractivity contribution in [2.75, 3.05) is 32.8 Å². The molecule has 1 N–H and O–H groups in total. The topological polar surface area (TPSA) is 24.5 Å². The average molecular weight is 186 g/mol. The first kappa shape index (κ1) is 11.0. The van der Waals surface area contributed by atoms with Crippen LogP contribution in [-0.4, -0.2) is 49.8 Å². The number of likely N-dealkylation sites (N-methyl/N-ethyl adjacent to an activating group) is 1. The van der Waals surface area contributed by atoms with E-state index in [9.17, 15) is 0 Å². The van der Waals surface area contributed by atoms with Gasteiger partial charge in [-0.1, -0.05) is 13.8 Å². The van der Waals surface area contributed by atoms with Crippen LogP contribution in [0.2, 0.25) is 0 Å². The molecule has 0 spiro atoms. The van der Waals surface area contributed by atoms with Crippen LogP contribution < -0.4 is 5.32 Å². The van der Waals surface area contributed by atoms with Crippen molar-refractivity contribution >= 4 is 0 Å². The third kappa shape index (κ3) is 2.93. The summed E-state index contributed by atoms with van der Waals surface area (Å²) in [7, 11) is 0. The molecule has 1 rings (SSSR count). The van der Waals surface area contributed by atoms with E-state index in [0.717, 1.165) is 32.8 Å². The van der Waals surface area contributed by atoms with E-state index < -0.39 is 0 Å². The van der Waals surface area contributed by atoms with Gasteiger partial charge >= 0.3 is 0 Å². The van der Waals surface area contributed by atoms with Gasteiger partial charge in [0.25, 0.3) is 0 Å². The number of nitrogens with zero attached hydrogens (tertiary/aromatic N) is 1. The minimum atomic E-state index is 0.369. The second kappa shape index (κ2) is 5.58. The Kier molecular flexibility index (Phi) is 4.70. The lowest BCUT2D eigenvalue weighted by molar-refractivity contribution is -0.0237. The minimum Gasteiger partial charge on any atom is -0.374 e. The second-order valence-corrected chi connectivity index (χ2v) is 3.58. The Morgan fingerprint density at radius 1 is 1.46 bits per heavy atom. The highest BCUT2D eigenvalue weighted by Gasteiger charge is 2.23. The van der Waals surface area contributed by atoms with Crippen molar-refractivity contribution in [3.05, 3.63) is 0 Å². The third-order valence-electron chi connectivity index (χ3n) is 2.88. The van der Waals surface area contributed by atoms with E-state index >= 15 is 0 Å². The van der Waals surface area contributed by atoms with Gasteiger partial charge in [0, 0.05) is 19.1 Å². The number of rotatable bonds is 4. The van der Waals surface area contributed by atoms with E-state index in [0.29, 0.717) is 12.1 Å². The predicted molar refractivity (Wildman–Crippen MR) is 55.0 cm³/mol. The lowest BCUT2D eigenvalue weighted by Gasteiger charge is -2.35. The van der Waals surface area contributed by atoms with Gasteiger partial charge in [0.1, 0.15) is 0 Å². The number of nitrogens with one attached hydrogen (secondary N) is 1. The smallest absolute Gasteiger partial charge is 0.0852 e. The highest BCUT2D eigenvalue weighted by atomic mass is 16.5. The molecule has 1 aliphatic rings. The molecule has 1 fully saturated rings. The van der Waals surface area contributed by atoms with Crippen LogP contribution in [0.25, 0.3) is 0 Å². The van der Waals surface area contributed by atoms with Crippen LogP contribution >= 0.6 is 0 Å². The molecule has 1 saturated heterocycles. The second-order valence-electron chi connectivity index (χ2n) is 3.58. The van der Waals surface area contributed by atoms with Crippen molar-refractivity contribution in [3.8, 4) is 0 Å². The van der Waals surface area contributed by atoms with Crippen LogP contribution in [-0.2, 0) is 4.74 Å². The largest absolute Gasteiger partial charge is 0.374 e. The Morgan fingerprint density at radius 2 is 2.15 bits per heavy atom. The zero-order valence-electron chi connectivity index (χ0n) is 9.05. The zero-order valence-corrected chi connectivity index (χ0v) is 9.05. The number of hydrogen-bond donors (Lipinski definition) is 1. The number of morpholine rings is 1. The van der Waals surface area contributed by atoms with Gasteiger partial charge < -0.3 is 10.1 Å². The molecule has 0 amide bonds. The molecule has 13 heavy (non-hydrogen) atoms. The Hall–Kier alpha value is -0.120. The van der Waals surface area contributed by atoms with Gasteiger partial charge in [0.2, 0.25) is 0 Å². The van der Waals surface area contributed by atoms with Crippen molar-refractivity contribution in [1.82, 2.24) is 10.2 Å². The fraction of sp³-hybridized carbons (Fsp3) is 1.00. The molecule has 78 valence electrons. The first-order valence-corrected chi connectivity index (χ1v) is 5.36. The van der Waals surface area contributed by atoms with Crippen molar-refractivity contribution in [2.45, 2.75) is 32.9 Å². The zero-order chi connectivity index (χ0) is 9.68. The lowest BCUT2D eigenvalue weighted by Crippen LogP contribution is -2.50. The van der Waals surface area contributed by atoms with Crippen LogP contribution in [0.1, 0.15) is 20.8 Å². The first-order chi connectivity index (χ1) is 6.29. The summed E-state index contributed by atoms with van der Waals surface area (Å²) in [5.41, 5.74) is 0. The Balaban J connectivity index is 2.38. The maximum Gasteiger partial charge on any atom is 0.0852 e. The van der Waals surface area contributed by atoms with Crippen molar-refractivity contribution < 1.29 is 4.74 Å². The van der Waals surface area contributed by atoms with Crippen LogP contribution in [0.15, 0.2) is 0 Å². The quantitative estimate of drug-likeness (QED) is 0.699. The summed E-state index contributed by atoms with van der Waals surface area (Å²) in [6, 6.07) is 0.530. The normalized spacial score (nSPS) is 26.3. The van der Waals surface area contributed by atoms with Crippen LogP contribution in [0.4, 0.5) is 0 Å². The maximum absolute atomic E-state index is 5.72. The van der Waals surface area contributed by atoms with E-state index in [2.05, 4.69) is 31.0 Å². The van der Waals surface area contributed by atoms with Crippen LogP contribution in [0.5, 0.6) is 0 Å². The standard InChI is InChI=1S/C10H22N2O/c1-4-12(5-2)9(3)10-8-11-6-7-13-10/h9-11H,4-8H2,1-3H3. The first-order valence-electron chi connectivity index (χ1n) is 5.36. The molecule has 3 heteroatoms. The summed E-state index contributed by atoms with van der Waals surface area (Å²) in [4.78, 5) is 2.44. The van der Waals surface area contributed by atoms with E-state index in [4.69, 9.17) is 4.74 Å². The Morgan fingerprint density at radius 3 is 2.62 bits per heavy atom. The number of ether oxygens (including phenoxy) is 1. The van der Waals surface area contributed by atoms with E-state index in [1.54, 1.807) is 0 Å². The summed E-state index contributed by atoms with van der Waals surface area (Å²) in [6.45, 7) is 11.7. The fourth-order valence-corrected chi connectivity index (χ4v) is 1.93. The molecule has 2 atom stereocenters. The van der Waals surface area contributed by atoms with Gasteiger partial charge in [0.15, 0.2) is 0 Å². The molecular weight excluding hydrogens is 164 g/mol. The molecule has 0 aliphatic carbocycles. The highest BCUT2D eigenvalue weighted by Crippen LogP contribution is 2.09. The molecule has 2 unspecified atom stereocenters. The minimum absolute atomic E-state index is 0.369. The molecule has 0 aromatic carbocycles. The van der Waals surface area contributed by atoms with E-state index in [1.807, 2.05) is 0 Å². The van der Waals surface area contributed by atoms with Crippen molar-refractivity contribution in [3.63, 3.8) is 0 Å². The molecule has 1 aliphatic heterocycles. The molecule has 0 radical (unpaired) electrons. The molecule has 3 nitrogen and oxygen atoms in total. The van der Waals surface area contributed by atoms with E-state index in [-0.39, 0.29) is 0 Å². The average Bonchev–Trinajstić information content (AvgIpc) is 2.21. The molecule has 0 aromatic rings. The lowest BCUT2D eigenvalue weighted by atomic mass is 10.1. The molecule has 0 saturated carbocycles. The van der Waals surface area contributed by atoms with Gasteiger partial charge in [-0.2, -0.15) is 0 Å². The fourth-order valence-electron chi connectivity index (χ4n) is 1.93. The van der Waals surface area contributed by atoms with Crippen LogP contribution in [0, 0.1) is 0 Å². The van der Waals surface area contributed by atoms with Crippen molar-refractivity contribution in [2.24, 2.45) is 0 Å². The summed E-state index contributed by atoms with van der Waals surface area (Å²) in [5, 5.41) is 3.37. The molecule has 0 aromatic heterocycles. The van der Waals surface area contributed by atoms with Crippen LogP contribution in [0.3, 0.4) is 0 Å². The van der Waals surface area contributed by atoms with Gasteiger partial charge in [-0.3, -0.25) is 4.90 Å². The summed E-state index contributed by atoms with van der Waals surface area (Å²) < 4.78 is 5.72. The predicted octanol–water partition coefficient (Wildman–Crippen LogP) is 0.705. The van der Waals surface area contributed by atoms with E-state index in [1.165, 1.54) is 0 Å². The maximum atomic E-state index is 5.72.